The van der Waals surface area contributed by atoms with Crippen LogP contribution in [0.25, 0.3) is 0 Å². The molecule has 0 amide bonds. The zero-order valence-corrected chi connectivity index (χ0v) is 13.0. The Labute approximate surface area is 122 Å². The van der Waals surface area contributed by atoms with E-state index in [2.05, 4.69) is 44.6 Å². The largest absolute Gasteiger partial charge is 0.478 e. The number of hydrogen-bond donors (Lipinski definition) is 0. The van der Waals surface area contributed by atoms with Gasteiger partial charge in [0.15, 0.2) is 0 Å². The molecule has 19 heavy (non-hydrogen) atoms. The van der Waals surface area contributed by atoms with Crippen molar-refractivity contribution < 1.29 is 9.47 Å². The normalized spacial score (nSPS) is 23.4. The van der Waals surface area contributed by atoms with Crippen LogP contribution in [-0.4, -0.2) is 47.2 Å². The van der Waals surface area contributed by atoms with Gasteiger partial charge in [-0.05, 0) is 13.3 Å². The second kappa shape index (κ2) is 7.05. The summed E-state index contributed by atoms with van der Waals surface area (Å²) in [7, 11) is 0. The molecule has 0 radical (unpaired) electrons. The van der Waals surface area contributed by atoms with Gasteiger partial charge in [0, 0.05) is 24.5 Å². The van der Waals surface area contributed by atoms with E-state index >= 15 is 0 Å². The number of nitrogens with zero attached hydrogens (tertiary/aromatic N) is 3. The van der Waals surface area contributed by atoms with Crippen molar-refractivity contribution in [3.8, 4) is 5.88 Å². The highest BCUT2D eigenvalue weighted by molar-refractivity contribution is 9.09. The van der Waals surface area contributed by atoms with E-state index in [1.807, 2.05) is 6.07 Å². The second-order valence-electron chi connectivity index (χ2n) is 4.69. The maximum atomic E-state index is 5.82. The number of halogens is 1. The summed E-state index contributed by atoms with van der Waals surface area (Å²) in [5, 5.41) is 0.831. The molecule has 2 rings (SSSR count). The van der Waals surface area contributed by atoms with E-state index in [0.717, 1.165) is 30.7 Å². The second-order valence-corrected chi connectivity index (χ2v) is 5.34. The van der Waals surface area contributed by atoms with Gasteiger partial charge in [-0.15, -0.1) is 0 Å². The maximum Gasteiger partial charge on any atom is 0.218 e. The predicted octanol–water partition coefficient (Wildman–Crippen LogP) is 2.25. The molecule has 106 valence electrons. The Morgan fingerprint density at radius 1 is 1.47 bits per heavy atom. The highest BCUT2D eigenvalue weighted by atomic mass is 79.9. The first kappa shape index (κ1) is 14.5. The molecule has 0 N–H and O–H groups in total. The lowest BCUT2D eigenvalue weighted by atomic mass is 10.2. The minimum absolute atomic E-state index is 0.193. The van der Waals surface area contributed by atoms with Gasteiger partial charge < -0.3 is 14.4 Å². The number of morpholine rings is 1. The van der Waals surface area contributed by atoms with Gasteiger partial charge in [0.05, 0.1) is 18.8 Å². The number of ether oxygens (including phenoxy) is 2. The molecule has 0 saturated carbocycles. The van der Waals surface area contributed by atoms with Crippen molar-refractivity contribution in [3.63, 3.8) is 0 Å². The van der Waals surface area contributed by atoms with E-state index in [1.54, 1.807) is 6.33 Å². The molecule has 1 fully saturated rings. The zero-order chi connectivity index (χ0) is 13.7. The standard InChI is InChI=1S/C13H20BrN3O2/c1-3-4-18-13-5-12(15-9-16-13)17-7-10(2)19-11(6-14)8-17/h5,9-11H,3-4,6-8H2,1-2H3. The van der Waals surface area contributed by atoms with Crippen molar-refractivity contribution >= 4 is 21.7 Å². The fourth-order valence-electron chi connectivity index (χ4n) is 2.11. The highest BCUT2D eigenvalue weighted by Crippen LogP contribution is 2.21. The Balaban J connectivity index is 2.07. The molecule has 5 nitrogen and oxygen atoms in total. The monoisotopic (exact) mass is 329 g/mol. The Bertz CT molecular complexity index is 405. The van der Waals surface area contributed by atoms with Gasteiger partial charge in [-0.1, -0.05) is 22.9 Å². The quantitative estimate of drug-likeness (QED) is 0.775. The van der Waals surface area contributed by atoms with Gasteiger partial charge in [0.1, 0.15) is 12.1 Å². The van der Waals surface area contributed by atoms with Crippen LogP contribution in [0.2, 0.25) is 0 Å². The van der Waals surface area contributed by atoms with Crippen LogP contribution in [0.1, 0.15) is 20.3 Å². The van der Waals surface area contributed by atoms with E-state index in [1.165, 1.54) is 0 Å². The summed E-state index contributed by atoms with van der Waals surface area (Å²) in [6.45, 7) is 6.51. The molecule has 1 aliphatic heterocycles. The minimum Gasteiger partial charge on any atom is -0.478 e. The van der Waals surface area contributed by atoms with E-state index in [0.29, 0.717) is 12.5 Å². The van der Waals surface area contributed by atoms with Crippen molar-refractivity contribution in [1.29, 1.82) is 0 Å². The Morgan fingerprint density at radius 3 is 3.05 bits per heavy atom. The van der Waals surface area contributed by atoms with Gasteiger partial charge in [-0.2, -0.15) is 0 Å². The first-order valence-corrected chi connectivity index (χ1v) is 7.76. The highest BCUT2D eigenvalue weighted by Gasteiger charge is 2.25. The van der Waals surface area contributed by atoms with Gasteiger partial charge in [-0.3, -0.25) is 0 Å². The van der Waals surface area contributed by atoms with Gasteiger partial charge >= 0.3 is 0 Å². The molecule has 0 aliphatic carbocycles. The smallest absolute Gasteiger partial charge is 0.218 e. The van der Waals surface area contributed by atoms with Crippen LogP contribution in [0.5, 0.6) is 5.88 Å². The number of aromatic nitrogens is 2. The summed E-state index contributed by atoms with van der Waals surface area (Å²) in [5.41, 5.74) is 0. The number of rotatable bonds is 5. The van der Waals surface area contributed by atoms with Gasteiger partial charge in [0.25, 0.3) is 0 Å². The average Bonchev–Trinajstić information content (AvgIpc) is 2.44. The summed E-state index contributed by atoms with van der Waals surface area (Å²) in [6, 6.07) is 1.90. The van der Waals surface area contributed by atoms with Crippen molar-refractivity contribution in [1.82, 2.24) is 9.97 Å². The molecule has 2 heterocycles. The molecule has 2 atom stereocenters. The van der Waals surface area contributed by atoms with Crippen LogP contribution in [0.15, 0.2) is 12.4 Å². The number of anilines is 1. The Morgan fingerprint density at radius 2 is 2.32 bits per heavy atom. The third kappa shape index (κ3) is 4.04. The molecular weight excluding hydrogens is 310 g/mol. The minimum atomic E-state index is 0.193. The maximum absolute atomic E-state index is 5.82. The first-order chi connectivity index (χ1) is 9.22. The predicted molar refractivity (Wildman–Crippen MR) is 78.2 cm³/mol. The Hall–Kier alpha value is -0.880. The van der Waals surface area contributed by atoms with Crippen LogP contribution in [0.4, 0.5) is 5.82 Å². The number of hydrogen-bond acceptors (Lipinski definition) is 5. The molecular formula is C13H20BrN3O2. The first-order valence-electron chi connectivity index (χ1n) is 6.64. The van der Waals surface area contributed by atoms with E-state index in [9.17, 15) is 0 Å². The van der Waals surface area contributed by atoms with Crippen molar-refractivity contribution in [2.45, 2.75) is 32.5 Å². The van der Waals surface area contributed by atoms with E-state index in [-0.39, 0.29) is 12.2 Å². The van der Waals surface area contributed by atoms with Crippen LogP contribution in [-0.2, 0) is 4.74 Å². The topological polar surface area (TPSA) is 47.5 Å². The molecule has 1 aromatic rings. The van der Waals surface area contributed by atoms with Gasteiger partial charge in [-0.25, -0.2) is 9.97 Å². The van der Waals surface area contributed by atoms with E-state index < -0.39 is 0 Å². The molecule has 6 heteroatoms. The van der Waals surface area contributed by atoms with Crippen molar-refractivity contribution in [3.05, 3.63) is 12.4 Å². The molecule has 1 aliphatic rings. The fraction of sp³-hybridized carbons (Fsp3) is 0.692. The summed E-state index contributed by atoms with van der Waals surface area (Å²) in [6.07, 6.45) is 2.92. The molecule has 0 spiro atoms. The summed E-state index contributed by atoms with van der Waals surface area (Å²) in [4.78, 5) is 10.7. The molecule has 1 aromatic heterocycles. The molecule has 0 bridgehead atoms. The van der Waals surface area contributed by atoms with Crippen molar-refractivity contribution in [2.75, 3.05) is 29.9 Å². The average molecular weight is 330 g/mol. The fourth-order valence-corrected chi connectivity index (χ4v) is 2.46. The third-order valence-corrected chi connectivity index (χ3v) is 3.63. The van der Waals surface area contributed by atoms with Gasteiger partial charge in [0.2, 0.25) is 5.88 Å². The summed E-state index contributed by atoms with van der Waals surface area (Å²) in [5.74, 6) is 1.54. The van der Waals surface area contributed by atoms with Crippen molar-refractivity contribution in [2.24, 2.45) is 0 Å². The molecule has 1 saturated heterocycles. The lowest BCUT2D eigenvalue weighted by molar-refractivity contribution is -0.00225. The molecule has 0 aromatic carbocycles. The molecule has 2 unspecified atom stereocenters. The van der Waals surface area contributed by atoms with E-state index in [4.69, 9.17) is 9.47 Å². The summed E-state index contributed by atoms with van der Waals surface area (Å²) < 4.78 is 11.4. The SMILES string of the molecule is CCCOc1cc(N2CC(C)OC(CBr)C2)ncn1. The third-order valence-electron chi connectivity index (χ3n) is 2.90. The summed E-state index contributed by atoms with van der Waals surface area (Å²) >= 11 is 3.48. The van der Waals surface area contributed by atoms with Crippen LogP contribution in [0, 0.1) is 0 Å². The van der Waals surface area contributed by atoms with Crippen LogP contribution >= 0.6 is 15.9 Å². The Kier molecular flexibility index (Phi) is 5.39. The number of alkyl halides is 1. The lowest BCUT2D eigenvalue weighted by Gasteiger charge is -2.36. The lowest BCUT2D eigenvalue weighted by Crippen LogP contribution is -2.47. The van der Waals surface area contributed by atoms with Crippen LogP contribution in [0.3, 0.4) is 0 Å². The zero-order valence-electron chi connectivity index (χ0n) is 11.4. The van der Waals surface area contributed by atoms with Crippen LogP contribution < -0.4 is 9.64 Å².